The highest BCUT2D eigenvalue weighted by Gasteiger charge is 2.54. The third-order valence-corrected chi connectivity index (χ3v) is 4.94. The molecule has 0 amide bonds. The van der Waals surface area contributed by atoms with Gasteiger partial charge in [0, 0.05) is 12.0 Å². The average molecular weight is 341 g/mol. The van der Waals surface area contributed by atoms with Gasteiger partial charge >= 0.3 is 11.9 Å². The van der Waals surface area contributed by atoms with Crippen LogP contribution in [0.25, 0.3) is 0 Å². The van der Waals surface area contributed by atoms with Crippen molar-refractivity contribution in [3.63, 3.8) is 0 Å². The lowest BCUT2D eigenvalue weighted by molar-refractivity contribution is -0.153. The molecule has 0 saturated carbocycles. The maximum atomic E-state index is 11.5. The highest BCUT2D eigenvalue weighted by molar-refractivity contribution is 5.79. The molecule has 0 aliphatic carbocycles. The number of hydrogen-bond donors (Lipinski definition) is 2. The van der Waals surface area contributed by atoms with Crippen LogP contribution in [-0.4, -0.2) is 40.1 Å². The molecule has 1 saturated heterocycles. The van der Waals surface area contributed by atoms with Crippen molar-refractivity contribution in [2.75, 3.05) is 13.1 Å². The van der Waals surface area contributed by atoms with E-state index in [4.69, 9.17) is 0 Å². The highest BCUT2D eigenvalue weighted by Crippen LogP contribution is 2.46. The summed E-state index contributed by atoms with van der Waals surface area (Å²) in [5.41, 5.74) is -0.283. The van der Waals surface area contributed by atoms with Crippen LogP contribution in [0.3, 0.4) is 0 Å². The Hall–Kier alpha value is -2.90. The standard InChI is InChI=1S/C18H19N3O4/c19-10-14(16(22)23)18(15(11-20)17(24)25)6-8-21(9-7-18)12-13-4-2-1-3-5-13/h1-5,14-15H,6-9,12H2,(H,22,23)(H,24,25)/t14-,15-/m1/s1. The molecule has 1 aliphatic heterocycles. The van der Waals surface area contributed by atoms with Gasteiger partial charge in [0.05, 0.1) is 12.1 Å². The van der Waals surface area contributed by atoms with Crippen molar-refractivity contribution >= 4 is 11.9 Å². The third kappa shape index (κ3) is 3.78. The molecule has 0 bridgehead atoms. The van der Waals surface area contributed by atoms with E-state index in [0.29, 0.717) is 19.6 Å². The van der Waals surface area contributed by atoms with E-state index in [2.05, 4.69) is 4.90 Å². The molecule has 2 atom stereocenters. The molecule has 0 unspecified atom stereocenters. The number of hydrogen-bond acceptors (Lipinski definition) is 5. The second kappa shape index (κ2) is 7.78. The summed E-state index contributed by atoms with van der Waals surface area (Å²) < 4.78 is 0. The van der Waals surface area contributed by atoms with Crippen LogP contribution in [0.2, 0.25) is 0 Å². The van der Waals surface area contributed by atoms with Crippen LogP contribution in [0, 0.1) is 39.9 Å². The number of benzene rings is 1. The molecule has 0 spiro atoms. The van der Waals surface area contributed by atoms with Gasteiger partial charge in [0.15, 0.2) is 11.8 Å². The predicted octanol–water partition coefficient (Wildman–Crippen LogP) is 1.72. The van der Waals surface area contributed by atoms with Crippen molar-refractivity contribution in [1.29, 1.82) is 10.5 Å². The summed E-state index contributed by atoms with van der Waals surface area (Å²) in [7, 11) is 0. The molecule has 1 aliphatic rings. The summed E-state index contributed by atoms with van der Waals surface area (Å²) in [4.78, 5) is 25.1. The molecule has 7 nitrogen and oxygen atoms in total. The smallest absolute Gasteiger partial charge is 0.321 e. The first kappa shape index (κ1) is 18.4. The molecule has 2 rings (SSSR count). The monoisotopic (exact) mass is 341 g/mol. The third-order valence-electron chi connectivity index (χ3n) is 4.94. The van der Waals surface area contributed by atoms with Crippen molar-refractivity contribution in [2.45, 2.75) is 19.4 Å². The summed E-state index contributed by atoms with van der Waals surface area (Å²) in [5.74, 6) is -5.79. The molecule has 2 N–H and O–H groups in total. The first-order valence-electron chi connectivity index (χ1n) is 7.95. The van der Waals surface area contributed by atoms with Gasteiger partial charge in [0.2, 0.25) is 0 Å². The van der Waals surface area contributed by atoms with Gasteiger partial charge in [0.25, 0.3) is 0 Å². The van der Waals surface area contributed by atoms with Crippen molar-refractivity contribution in [2.24, 2.45) is 17.3 Å². The predicted molar refractivity (Wildman–Crippen MR) is 86.9 cm³/mol. The lowest BCUT2D eigenvalue weighted by Gasteiger charge is -2.44. The molecular formula is C18H19N3O4. The number of piperidine rings is 1. The fourth-order valence-electron chi connectivity index (χ4n) is 3.57. The van der Waals surface area contributed by atoms with Crippen molar-refractivity contribution in [3.05, 3.63) is 35.9 Å². The first-order chi connectivity index (χ1) is 11.9. The molecule has 1 aromatic rings. The van der Waals surface area contributed by atoms with Crippen LogP contribution >= 0.6 is 0 Å². The summed E-state index contributed by atoms with van der Waals surface area (Å²) in [6.07, 6.45) is 0.351. The van der Waals surface area contributed by atoms with Gasteiger partial charge in [-0.05, 0) is 31.5 Å². The van der Waals surface area contributed by atoms with Crippen LogP contribution in [-0.2, 0) is 16.1 Å². The Morgan fingerprint density at radius 2 is 1.52 bits per heavy atom. The molecule has 0 radical (unpaired) electrons. The van der Waals surface area contributed by atoms with Gasteiger partial charge < -0.3 is 10.2 Å². The van der Waals surface area contributed by atoms with E-state index in [1.807, 2.05) is 30.3 Å². The fourth-order valence-corrected chi connectivity index (χ4v) is 3.57. The Bertz CT molecular complexity index is 678. The number of carboxylic acids is 2. The van der Waals surface area contributed by atoms with Gasteiger partial charge in [0.1, 0.15) is 0 Å². The van der Waals surface area contributed by atoms with Crippen LogP contribution in [0.4, 0.5) is 0 Å². The van der Waals surface area contributed by atoms with Crippen LogP contribution in [0.15, 0.2) is 30.3 Å². The number of carboxylic acid groups (broad SMARTS) is 2. The van der Waals surface area contributed by atoms with E-state index in [1.54, 1.807) is 12.1 Å². The Labute approximate surface area is 145 Å². The van der Waals surface area contributed by atoms with Crippen molar-refractivity contribution in [3.8, 4) is 12.1 Å². The van der Waals surface area contributed by atoms with Gasteiger partial charge in [-0.2, -0.15) is 10.5 Å². The number of rotatable bonds is 6. The zero-order valence-corrected chi connectivity index (χ0v) is 13.6. The molecule has 1 fully saturated rings. The van der Waals surface area contributed by atoms with E-state index in [9.17, 15) is 30.3 Å². The maximum absolute atomic E-state index is 11.5. The number of nitriles is 2. The van der Waals surface area contributed by atoms with Crippen molar-refractivity contribution in [1.82, 2.24) is 4.90 Å². The molecular weight excluding hydrogens is 322 g/mol. The van der Waals surface area contributed by atoms with Gasteiger partial charge in [-0.3, -0.25) is 14.5 Å². The Balaban J connectivity index is 2.23. The quantitative estimate of drug-likeness (QED) is 0.806. The minimum absolute atomic E-state index is 0.175. The number of aliphatic carboxylic acids is 2. The van der Waals surface area contributed by atoms with Crippen LogP contribution in [0.5, 0.6) is 0 Å². The molecule has 7 heteroatoms. The minimum Gasteiger partial charge on any atom is -0.480 e. The second-order valence-corrected chi connectivity index (χ2v) is 6.30. The SMILES string of the molecule is N#C[C@H](C(=O)O)C1([C@H](C#N)C(=O)O)CCN(Cc2ccccc2)CC1. The summed E-state index contributed by atoms with van der Waals surface area (Å²) in [6.45, 7) is 1.53. The van der Waals surface area contributed by atoms with E-state index in [0.717, 1.165) is 5.56 Å². The Kier molecular flexibility index (Phi) is 5.74. The number of carbonyl (C=O) groups is 2. The summed E-state index contributed by atoms with van der Waals surface area (Å²) >= 11 is 0. The van der Waals surface area contributed by atoms with Crippen LogP contribution in [0.1, 0.15) is 18.4 Å². The molecule has 25 heavy (non-hydrogen) atoms. The Morgan fingerprint density at radius 1 is 1.04 bits per heavy atom. The fraction of sp³-hybridized carbons (Fsp3) is 0.444. The topological polar surface area (TPSA) is 125 Å². The van der Waals surface area contributed by atoms with Crippen LogP contribution < -0.4 is 0 Å². The second-order valence-electron chi connectivity index (χ2n) is 6.30. The zero-order chi connectivity index (χ0) is 18.4. The number of nitrogens with zero attached hydrogens (tertiary/aromatic N) is 3. The van der Waals surface area contributed by atoms with Gasteiger partial charge in [-0.15, -0.1) is 0 Å². The van der Waals surface area contributed by atoms with E-state index < -0.39 is 29.2 Å². The molecule has 0 aromatic heterocycles. The van der Waals surface area contributed by atoms with E-state index in [1.165, 1.54) is 0 Å². The summed E-state index contributed by atoms with van der Waals surface area (Å²) in [5, 5.41) is 37.3. The Morgan fingerprint density at radius 3 is 1.92 bits per heavy atom. The molecule has 1 aromatic carbocycles. The van der Waals surface area contributed by atoms with E-state index in [-0.39, 0.29) is 12.8 Å². The first-order valence-corrected chi connectivity index (χ1v) is 7.95. The molecule has 1 heterocycles. The number of likely N-dealkylation sites (tertiary alicyclic amines) is 1. The minimum atomic E-state index is -1.52. The normalized spacial score (nSPS) is 19.1. The van der Waals surface area contributed by atoms with Gasteiger partial charge in [-0.1, -0.05) is 30.3 Å². The lowest BCUT2D eigenvalue weighted by atomic mass is 9.61. The van der Waals surface area contributed by atoms with Gasteiger partial charge in [-0.25, -0.2) is 0 Å². The average Bonchev–Trinajstić information content (AvgIpc) is 2.58. The lowest BCUT2D eigenvalue weighted by Crippen LogP contribution is -2.51. The zero-order valence-electron chi connectivity index (χ0n) is 13.6. The summed E-state index contributed by atoms with van der Waals surface area (Å²) in [6, 6.07) is 13.2. The van der Waals surface area contributed by atoms with E-state index >= 15 is 0 Å². The maximum Gasteiger partial charge on any atom is 0.321 e. The van der Waals surface area contributed by atoms with Crippen molar-refractivity contribution < 1.29 is 19.8 Å². The largest absolute Gasteiger partial charge is 0.480 e. The highest BCUT2D eigenvalue weighted by atomic mass is 16.4. The molecule has 130 valence electrons.